The van der Waals surface area contributed by atoms with Gasteiger partial charge >= 0.3 is 6.01 Å². The van der Waals surface area contributed by atoms with Crippen molar-refractivity contribution >= 4 is 11.9 Å². The Balaban J connectivity index is 2.06. The van der Waals surface area contributed by atoms with E-state index in [0.29, 0.717) is 30.6 Å². The van der Waals surface area contributed by atoms with Crippen LogP contribution >= 0.6 is 0 Å². The molecular formula is C13H23N5O. The van der Waals surface area contributed by atoms with E-state index in [1.54, 1.807) is 7.05 Å². The first kappa shape index (κ1) is 13.8. The second-order valence-corrected chi connectivity index (χ2v) is 4.78. The number of anilines is 2. The van der Waals surface area contributed by atoms with E-state index in [-0.39, 0.29) is 0 Å². The Hall–Kier alpha value is -1.59. The average Bonchev–Trinajstić information content (AvgIpc) is 2.67. The van der Waals surface area contributed by atoms with E-state index in [2.05, 4.69) is 25.6 Å². The monoisotopic (exact) mass is 265 g/mol. The van der Waals surface area contributed by atoms with Crippen molar-refractivity contribution < 1.29 is 4.74 Å². The van der Waals surface area contributed by atoms with Gasteiger partial charge in [0.25, 0.3) is 0 Å². The summed E-state index contributed by atoms with van der Waals surface area (Å²) in [6.45, 7) is 2.47. The van der Waals surface area contributed by atoms with Crippen LogP contribution in [0, 0.1) is 0 Å². The highest BCUT2D eigenvalue weighted by atomic mass is 16.5. The van der Waals surface area contributed by atoms with E-state index < -0.39 is 0 Å². The van der Waals surface area contributed by atoms with Crippen LogP contribution in [0.15, 0.2) is 0 Å². The van der Waals surface area contributed by atoms with Gasteiger partial charge in [-0.1, -0.05) is 25.7 Å². The highest BCUT2D eigenvalue weighted by Crippen LogP contribution is 2.20. The predicted molar refractivity (Wildman–Crippen MR) is 75.7 cm³/mol. The second kappa shape index (κ2) is 7.11. The smallest absolute Gasteiger partial charge is 0.323 e. The van der Waals surface area contributed by atoms with Crippen molar-refractivity contribution in [3.05, 3.63) is 0 Å². The summed E-state index contributed by atoms with van der Waals surface area (Å²) in [4.78, 5) is 12.8. The zero-order valence-corrected chi connectivity index (χ0v) is 11.8. The summed E-state index contributed by atoms with van der Waals surface area (Å²) in [5, 5.41) is 6.35. The van der Waals surface area contributed by atoms with Gasteiger partial charge in [0.05, 0.1) is 6.61 Å². The second-order valence-electron chi connectivity index (χ2n) is 4.78. The summed E-state index contributed by atoms with van der Waals surface area (Å²) in [5.41, 5.74) is 0. The molecule has 0 spiro atoms. The van der Waals surface area contributed by atoms with Crippen LogP contribution in [0.4, 0.5) is 11.9 Å². The molecule has 0 aromatic carbocycles. The van der Waals surface area contributed by atoms with Crippen molar-refractivity contribution in [3.8, 4) is 6.01 Å². The van der Waals surface area contributed by atoms with Crippen LogP contribution in [0.1, 0.15) is 45.4 Å². The van der Waals surface area contributed by atoms with Crippen LogP contribution in [0.25, 0.3) is 0 Å². The van der Waals surface area contributed by atoms with E-state index in [1.165, 1.54) is 38.5 Å². The summed E-state index contributed by atoms with van der Waals surface area (Å²) >= 11 is 0. The van der Waals surface area contributed by atoms with Crippen LogP contribution in [0.5, 0.6) is 6.01 Å². The summed E-state index contributed by atoms with van der Waals surface area (Å²) in [6, 6.07) is 0.835. The van der Waals surface area contributed by atoms with E-state index in [1.807, 2.05) is 6.92 Å². The van der Waals surface area contributed by atoms with Crippen molar-refractivity contribution in [3.63, 3.8) is 0 Å². The van der Waals surface area contributed by atoms with Crippen LogP contribution in [0.2, 0.25) is 0 Å². The number of rotatable bonds is 5. The van der Waals surface area contributed by atoms with Gasteiger partial charge in [0.1, 0.15) is 0 Å². The third kappa shape index (κ3) is 4.22. The topological polar surface area (TPSA) is 72.0 Å². The minimum absolute atomic E-state index is 0.373. The zero-order valence-electron chi connectivity index (χ0n) is 11.8. The third-order valence-electron chi connectivity index (χ3n) is 3.30. The first-order valence-corrected chi connectivity index (χ1v) is 7.15. The molecule has 19 heavy (non-hydrogen) atoms. The number of nitrogens with one attached hydrogen (secondary N) is 2. The molecule has 0 aliphatic heterocycles. The number of nitrogens with zero attached hydrogens (tertiary/aromatic N) is 3. The summed E-state index contributed by atoms with van der Waals surface area (Å²) < 4.78 is 5.36. The first-order chi connectivity index (χ1) is 9.31. The molecule has 2 rings (SSSR count). The molecule has 1 aromatic heterocycles. The van der Waals surface area contributed by atoms with E-state index >= 15 is 0 Å². The molecule has 0 amide bonds. The summed E-state index contributed by atoms with van der Waals surface area (Å²) in [5.74, 6) is 1.14. The Morgan fingerprint density at radius 1 is 1.05 bits per heavy atom. The van der Waals surface area contributed by atoms with Crippen LogP contribution < -0.4 is 15.4 Å². The van der Waals surface area contributed by atoms with Crippen molar-refractivity contribution in [1.29, 1.82) is 0 Å². The van der Waals surface area contributed by atoms with Gasteiger partial charge in [-0.05, 0) is 19.8 Å². The number of ether oxygens (including phenoxy) is 1. The Kier molecular flexibility index (Phi) is 5.18. The van der Waals surface area contributed by atoms with Gasteiger partial charge in [0, 0.05) is 13.1 Å². The number of aromatic nitrogens is 3. The minimum atomic E-state index is 0.373. The quantitative estimate of drug-likeness (QED) is 0.797. The fourth-order valence-corrected chi connectivity index (χ4v) is 2.33. The predicted octanol–water partition coefficient (Wildman–Crippen LogP) is 2.45. The van der Waals surface area contributed by atoms with Gasteiger partial charge in [0.2, 0.25) is 11.9 Å². The molecule has 1 fully saturated rings. The van der Waals surface area contributed by atoms with Crippen molar-refractivity contribution in [2.75, 3.05) is 24.3 Å². The molecule has 2 N–H and O–H groups in total. The molecule has 0 bridgehead atoms. The molecule has 1 aliphatic rings. The highest BCUT2D eigenvalue weighted by molar-refractivity contribution is 5.36. The molecule has 1 aliphatic carbocycles. The molecular weight excluding hydrogens is 242 g/mol. The fraction of sp³-hybridized carbons (Fsp3) is 0.769. The summed E-state index contributed by atoms with van der Waals surface area (Å²) in [7, 11) is 1.79. The maximum Gasteiger partial charge on any atom is 0.323 e. The molecule has 0 unspecified atom stereocenters. The highest BCUT2D eigenvalue weighted by Gasteiger charge is 2.14. The molecule has 1 heterocycles. The average molecular weight is 265 g/mol. The van der Waals surface area contributed by atoms with Gasteiger partial charge in [-0.2, -0.15) is 15.0 Å². The van der Waals surface area contributed by atoms with E-state index in [4.69, 9.17) is 4.74 Å². The molecule has 1 saturated carbocycles. The normalized spacial score (nSPS) is 16.7. The van der Waals surface area contributed by atoms with E-state index in [0.717, 1.165) is 0 Å². The van der Waals surface area contributed by atoms with Gasteiger partial charge < -0.3 is 15.4 Å². The van der Waals surface area contributed by atoms with Gasteiger partial charge in [0.15, 0.2) is 0 Å². The molecule has 6 nitrogen and oxygen atoms in total. The van der Waals surface area contributed by atoms with Crippen LogP contribution in [-0.2, 0) is 0 Å². The standard InChI is InChI=1S/C13H23N5O/c1-3-19-13-17-11(14-2)16-12(18-13)15-10-8-6-4-5-7-9-10/h10H,3-9H2,1-2H3,(H2,14,15,16,17,18). The van der Waals surface area contributed by atoms with Crippen molar-refractivity contribution in [2.24, 2.45) is 0 Å². The Labute approximate surface area is 114 Å². The lowest BCUT2D eigenvalue weighted by Crippen LogP contribution is -2.20. The first-order valence-electron chi connectivity index (χ1n) is 7.15. The SMILES string of the molecule is CCOc1nc(NC)nc(NC2CCCCCC2)n1. The molecule has 0 radical (unpaired) electrons. The number of hydrogen-bond donors (Lipinski definition) is 2. The Morgan fingerprint density at radius 2 is 1.74 bits per heavy atom. The molecule has 1 aromatic rings. The maximum atomic E-state index is 5.36. The third-order valence-corrected chi connectivity index (χ3v) is 3.30. The van der Waals surface area contributed by atoms with Crippen LogP contribution in [0.3, 0.4) is 0 Å². The lowest BCUT2D eigenvalue weighted by atomic mass is 10.1. The van der Waals surface area contributed by atoms with Crippen LogP contribution in [-0.4, -0.2) is 34.6 Å². The van der Waals surface area contributed by atoms with Gasteiger partial charge in [-0.3, -0.25) is 0 Å². The van der Waals surface area contributed by atoms with Crippen molar-refractivity contribution in [2.45, 2.75) is 51.5 Å². The Bertz CT molecular complexity index is 391. The largest absolute Gasteiger partial charge is 0.464 e. The van der Waals surface area contributed by atoms with E-state index in [9.17, 15) is 0 Å². The molecule has 0 saturated heterocycles. The Morgan fingerprint density at radius 3 is 2.37 bits per heavy atom. The minimum Gasteiger partial charge on any atom is -0.464 e. The van der Waals surface area contributed by atoms with Crippen molar-refractivity contribution in [1.82, 2.24) is 15.0 Å². The lowest BCUT2D eigenvalue weighted by Gasteiger charge is -2.16. The fourth-order valence-electron chi connectivity index (χ4n) is 2.33. The zero-order chi connectivity index (χ0) is 13.5. The number of hydrogen-bond acceptors (Lipinski definition) is 6. The van der Waals surface area contributed by atoms with Gasteiger partial charge in [-0.25, -0.2) is 0 Å². The maximum absolute atomic E-state index is 5.36. The lowest BCUT2D eigenvalue weighted by molar-refractivity contribution is 0.312. The van der Waals surface area contributed by atoms with Gasteiger partial charge in [-0.15, -0.1) is 0 Å². The molecule has 6 heteroatoms. The molecule has 106 valence electrons. The summed E-state index contributed by atoms with van der Waals surface area (Å²) in [6.07, 6.45) is 7.59. The molecule has 0 atom stereocenters.